The van der Waals surface area contributed by atoms with E-state index in [1.807, 2.05) is 0 Å². The summed E-state index contributed by atoms with van der Waals surface area (Å²) in [6.07, 6.45) is -4.49. The zero-order chi connectivity index (χ0) is 15.5. The molecule has 110 valence electrons. The number of hydrogen-bond acceptors (Lipinski definition) is 2. The highest BCUT2D eigenvalue weighted by Crippen LogP contribution is 2.29. The molecular weight excluding hydrogens is 283 g/mol. The Hall–Kier alpha value is -2.34. The summed E-state index contributed by atoms with van der Waals surface area (Å²) in [4.78, 5) is 12.0. The highest BCUT2D eigenvalue weighted by atomic mass is 19.4. The molecule has 0 aliphatic carbocycles. The number of benzene rings is 2. The summed E-state index contributed by atoms with van der Waals surface area (Å²) in [6.45, 7) is -0.187. The van der Waals surface area contributed by atoms with Crippen molar-refractivity contribution in [1.29, 1.82) is 0 Å². The minimum atomic E-state index is -4.49. The van der Waals surface area contributed by atoms with Crippen molar-refractivity contribution in [3.05, 3.63) is 65.2 Å². The monoisotopic (exact) mass is 295 g/mol. The largest absolute Gasteiger partial charge is 0.416 e. The fourth-order valence-electron chi connectivity index (χ4n) is 1.79. The molecule has 3 nitrogen and oxygen atoms in total. The maximum atomic E-state index is 12.6. The van der Waals surface area contributed by atoms with Crippen LogP contribution in [0.2, 0.25) is 0 Å². The van der Waals surface area contributed by atoms with E-state index in [-0.39, 0.29) is 12.2 Å². The molecule has 2 aromatic rings. The molecule has 1 amide bonds. The lowest BCUT2D eigenvalue weighted by Gasteiger charge is -2.09. The van der Waals surface area contributed by atoms with Crippen molar-refractivity contribution in [3.8, 4) is 0 Å². The molecule has 0 unspecified atom stereocenters. The third-order valence-electron chi connectivity index (χ3n) is 2.82. The Bertz CT molecular complexity index is 653. The van der Waals surface area contributed by atoms with Crippen molar-refractivity contribution in [3.63, 3.8) is 0 Å². The van der Waals surface area contributed by atoms with Crippen LogP contribution in [0.25, 0.3) is 0 Å². The molecule has 6 heteroatoms. The number of halogens is 3. The van der Waals surface area contributed by atoms with Gasteiger partial charge in [-0.15, -0.1) is 0 Å². The van der Waals surface area contributed by atoms with Crippen molar-refractivity contribution in [2.75, 3.05) is 5.32 Å². The number of hydrogen-bond donors (Lipinski definition) is 2. The molecule has 0 aliphatic heterocycles. The van der Waals surface area contributed by atoms with Gasteiger partial charge in [0.05, 0.1) is 12.2 Å². The fourth-order valence-corrected chi connectivity index (χ4v) is 1.79. The van der Waals surface area contributed by atoms with E-state index in [9.17, 15) is 18.0 Å². The van der Waals surface area contributed by atoms with Crippen molar-refractivity contribution in [2.24, 2.45) is 0 Å². The summed E-state index contributed by atoms with van der Waals surface area (Å²) < 4.78 is 37.8. The summed E-state index contributed by atoms with van der Waals surface area (Å²) in [5.41, 5.74) is 0.0410. The Morgan fingerprint density at radius 2 is 1.81 bits per heavy atom. The first-order valence-corrected chi connectivity index (χ1v) is 6.08. The average molecular weight is 295 g/mol. The van der Waals surface area contributed by atoms with Gasteiger partial charge in [-0.25, -0.2) is 0 Å². The molecule has 0 saturated heterocycles. The van der Waals surface area contributed by atoms with Gasteiger partial charge >= 0.3 is 6.18 Å². The molecule has 2 rings (SSSR count). The van der Waals surface area contributed by atoms with Gasteiger partial charge < -0.3 is 10.4 Å². The van der Waals surface area contributed by atoms with Crippen molar-refractivity contribution >= 4 is 11.6 Å². The SMILES string of the molecule is O=C(Nc1cccc(CO)c1)c1cccc(C(F)(F)F)c1. The van der Waals surface area contributed by atoms with Crippen molar-refractivity contribution in [1.82, 2.24) is 0 Å². The van der Waals surface area contributed by atoms with Crippen LogP contribution in [-0.4, -0.2) is 11.0 Å². The van der Waals surface area contributed by atoms with E-state index in [0.717, 1.165) is 12.1 Å². The summed E-state index contributed by atoms with van der Waals surface area (Å²) in [6, 6.07) is 10.6. The number of aliphatic hydroxyl groups is 1. The molecular formula is C15H12F3NO2. The number of anilines is 1. The quantitative estimate of drug-likeness (QED) is 0.911. The Morgan fingerprint density at radius 3 is 2.48 bits per heavy atom. The van der Waals surface area contributed by atoms with Crippen LogP contribution in [0.4, 0.5) is 18.9 Å². The summed E-state index contributed by atoms with van der Waals surface area (Å²) in [5, 5.41) is 11.5. The van der Waals surface area contributed by atoms with Crippen LogP contribution < -0.4 is 5.32 Å². The lowest BCUT2D eigenvalue weighted by Crippen LogP contribution is -2.14. The molecule has 21 heavy (non-hydrogen) atoms. The van der Waals surface area contributed by atoms with E-state index in [1.165, 1.54) is 12.1 Å². The number of carbonyl (C=O) groups excluding carboxylic acids is 1. The Morgan fingerprint density at radius 1 is 1.10 bits per heavy atom. The van der Waals surface area contributed by atoms with Crippen LogP contribution >= 0.6 is 0 Å². The van der Waals surface area contributed by atoms with Gasteiger partial charge in [0, 0.05) is 11.3 Å². The van der Waals surface area contributed by atoms with Crippen LogP contribution in [0.15, 0.2) is 48.5 Å². The predicted octanol–water partition coefficient (Wildman–Crippen LogP) is 3.45. The zero-order valence-electron chi connectivity index (χ0n) is 10.8. The molecule has 0 saturated carbocycles. The van der Waals surface area contributed by atoms with Gasteiger partial charge in [-0.3, -0.25) is 4.79 Å². The number of nitrogens with one attached hydrogen (secondary N) is 1. The van der Waals surface area contributed by atoms with Gasteiger partial charge in [-0.05, 0) is 35.9 Å². The normalized spacial score (nSPS) is 11.2. The maximum absolute atomic E-state index is 12.6. The standard InChI is InChI=1S/C15H12F3NO2/c16-15(17,18)12-5-2-4-11(8-12)14(21)19-13-6-1-3-10(7-13)9-20/h1-8,20H,9H2,(H,19,21). The Labute approximate surface area is 119 Å². The summed E-state index contributed by atoms with van der Waals surface area (Å²) in [7, 11) is 0. The van der Waals surface area contributed by atoms with Gasteiger partial charge in [0.1, 0.15) is 0 Å². The van der Waals surface area contributed by atoms with E-state index < -0.39 is 17.6 Å². The number of alkyl halides is 3. The summed E-state index contributed by atoms with van der Waals surface area (Å²) in [5.74, 6) is -0.642. The topological polar surface area (TPSA) is 49.3 Å². The molecule has 0 fully saturated rings. The van der Waals surface area contributed by atoms with Crippen LogP contribution in [-0.2, 0) is 12.8 Å². The highest BCUT2D eigenvalue weighted by molar-refractivity contribution is 6.04. The lowest BCUT2D eigenvalue weighted by atomic mass is 10.1. The first-order valence-electron chi connectivity index (χ1n) is 6.08. The van der Waals surface area contributed by atoms with Gasteiger partial charge in [-0.2, -0.15) is 13.2 Å². The molecule has 2 aromatic carbocycles. The number of carbonyl (C=O) groups is 1. The van der Waals surface area contributed by atoms with Crippen molar-refractivity contribution < 1.29 is 23.1 Å². The fraction of sp³-hybridized carbons (Fsp3) is 0.133. The molecule has 0 heterocycles. The Kier molecular flexibility index (Phi) is 4.28. The molecule has 0 spiro atoms. The maximum Gasteiger partial charge on any atom is 0.416 e. The third-order valence-corrected chi connectivity index (χ3v) is 2.82. The molecule has 0 atom stereocenters. The molecule has 0 radical (unpaired) electrons. The molecule has 0 aliphatic rings. The van der Waals surface area contributed by atoms with E-state index >= 15 is 0 Å². The van der Waals surface area contributed by atoms with E-state index in [0.29, 0.717) is 11.3 Å². The first-order chi connectivity index (χ1) is 9.90. The zero-order valence-corrected chi connectivity index (χ0v) is 10.8. The second-order valence-electron chi connectivity index (χ2n) is 4.39. The lowest BCUT2D eigenvalue weighted by molar-refractivity contribution is -0.137. The average Bonchev–Trinajstić information content (AvgIpc) is 2.46. The third kappa shape index (κ3) is 3.82. The van der Waals surface area contributed by atoms with E-state index in [4.69, 9.17) is 5.11 Å². The molecule has 0 aromatic heterocycles. The summed E-state index contributed by atoms with van der Waals surface area (Å²) >= 11 is 0. The number of rotatable bonds is 3. The van der Waals surface area contributed by atoms with Crippen LogP contribution in [0.5, 0.6) is 0 Å². The van der Waals surface area contributed by atoms with E-state index in [2.05, 4.69) is 5.32 Å². The van der Waals surface area contributed by atoms with Gasteiger partial charge in [0.15, 0.2) is 0 Å². The predicted molar refractivity (Wildman–Crippen MR) is 71.8 cm³/mol. The smallest absolute Gasteiger partial charge is 0.392 e. The number of aliphatic hydroxyl groups excluding tert-OH is 1. The van der Waals surface area contributed by atoms with Crippen LogP contribution in [0, 0.1) is 0 Å². The van der Waals surface area contributed by atoms with Gasteiger partial charge in [0.2, 0.25) is 0 Å². The van der Waals surface area contributed by atoms with Crippen LogP contribution in [0.3, 0.4) is 0 Å². The Balaban J connectivity index is 2.20. The second-order valence-corrected chi connectivity index (χ2v) is 4.39. The minimum Gasteiger partial charge on any atom is -0.392 e. The highest BCUT2D eigenvalue weighted by Gasteiger charge is 2.30. The van der Waals surface area contributed by atoms with Crippen molar-refractivity contribution in [2.45, 2.75) is 12.8 Å². The van der Waals surface area contributed by atoms with Crippen LogP contribution in [0.1, 0.15) is 21.5 Å². The molecule has 2 N–H and O–H groups in total. The second kappa shape index (κ2) is 5.97. The van der Waals surface area contributed by atoms with E-state index in [1.54, 1.807) is 24.3 Å². The van der Waals surface area contributed by atoms with Gasteiger partial charge in [-0.1, -0.05) is 18.2 Å². The number of amides is 1. The minimum absolute atomic E-state index is 0.0840. The van der Waals surface area contributed by atoms with Gasteiger partial charge in [0.25, 0.3) is 5.91 Å². The molecule has 0 bridgehead atoms. The first kappa shape index (κ1) is 15.1.